The minimum absolute atomic E-state index is 0.0967. The van der Waals surface area contributed by atoms with Crippen LogP contribution in [0.15, 0.2) is 0 Å². The van der Waals surface area contributed by atoms with E-state index < -0.39 is 0 Å². The van der Waals surface area contributed by atoms with Gasteiger partial charge in [0.15, 0.2) is 0 Å². The van der Waals surface area contributed by atoms with Crippen LogP contribution in [0, 0.1) is 0 Å². The van der Waals surface area contributed by atoms with E-state index in [1.54, 1.807) is 7.05 Å². The van der Waals surface area contributed by atoms with Crippen molar-refractivity contribution >= 4 is 5.91 Å². The second-order valence-corrected chi connectivity index (χ2v) is 3.47. The third-order valence-electron chi connectivity index (χ3n) is 2.45. The smallest absolute Gasteiger partial charge is 0.239 e. The third kappa shape index (κ3) is 2.42. The molecule has 0 aliphatic carbocycles. The Labute approximate surface area is 79.2 Å². The normalized spacial score (nSPS) is 25.8. The summed E-state index contributed by atoms with van der Waals surface area (Å²) in [5.74, 6) is 0.165. The summed E-state index contributed by atoms with van der Waals surface area (Å²) in [5.41, 5.74) is 0. The molecule has 0 aromatic rings. The molecule has 1 amide bonds. The first kappa shape index (κ1) is 10.5. The van der Waals surface area contributed by atoms with E-state index in [1.807, 2.05) is 18.7 Å². The average Bonchev–Trinajstić information content (AvgIpc) is 2.16. The molecule has 1 rings (SSSR count). The molecule has 4 heteroatoms. The number of hydrogen-bond donors (Lipinski definition) is 1. The van der Waals surface area contributed by atoms with Gasteiger partial charge >= 0.3 is 0 Å². The zero-order valence-electron chi connectivity index (χ0n) is 8.54. The van der Waals surface area contributed by atoms with Crippen LogP contribution in [0.5, 0.6) is 0 Å². The van der Waals surface area contributed by atoms with Gasteiger partial charge in [0.05, 0.1) is 25.3 Å². The Morgan fingerprint density at radius 2 is 2.38 bits per heavy atom. The average molecular weight is 186 g/mol. The fraction of sp³-hybridized carbons (Fsp3) is 0.889. The van der Waals surface area contributed by atoms with Gasteiger partial charge in [-0.1, -0.05) is 0 Å². The van der Waals surface area contributed by atoms with Gasteiger partial charge < -0.3 is 15.0 Å². The van der Waals surface area contributed by atoms with Crippen molar-refractivity contribution in [3.8, 4) is 0 Å². The number of amides is 1. The van der Waals surface area contributed by atoms with E-state index >= 15 is 0 Å². The summed E-state index contributed by atoms with van der Waals surface area (Å²) in [5, 5.41) is 2.95. The van der Waals surface area contributed by atoms with Crippen molar-refractivity contribution in [3.63, 3.8) is 0 Å². The fourth-order valence-corrected chi connectivity index (χ4v) is 1.43. The maximum Gasteiger partial charge on any atom is 0.239 e. The molecule has 0 spiro atoms. The number of carbonyl (C=O) groups is 1. The van der Waals surface area contributed by atoms with Gasteiger partial charge in [-0.15, -0.1) is 0 Å². The van der Waals surface area contributed by atoms with Gasteiger partial charge in [-0.2, -0.15) is 0 Å². The van der Waals surface area contributed by atoms with Crippen LogP contribution in [0.25, 0.3) is 0 Å². The summed E-state index contributed by atoms with van der Waals surface area (Å²) >= 11 is 0. The van der Waals surface area contributed by atoms with Crippen molar-refractivity contribution < 1.29 is 9.53 Å². The zero-order valence-corrected chi connectivity index (χ0v) is 8.54. The lowest BCUT2D eigenvalue weighted by Gasteiger charge is -2.34. The molecule has 0 bridgehead atoms. The van der Waals surface area contributed by atoms with Gasteiger partial charge in [-0.25, -0.2) is 0 Å². The number of ether oxygens (including phenoxy) is 1. The Balaban J connectivity index is 2.53. The summed E-state index contributed by atoms with van der Waals surface area (Å²) in [7, 11) is 1.80. The Morgan fingerprint density at radius 1 is 1.69 bits per heavy atom. The third-order valence-corrected chi connectivity index (χ3v) is 2.45. The molecule has 2 unspecified atom stereocenters. The van der Waals surface area contributed by atoms with Crippen molar-refractivity contribution in [1.82, 2.24) is 10.2 Å². The molecule has 76 valence electrons. The van der Waals surface area contributed by atoms with E-state index in [1.165, 1.54) is 0 Å². The molecular weight excluding hydrogens is 168 g/mol. The highest BCUT2D eigenvalue weighted by molar-refractivity contribution is 5.81. The largest absolute Gasteiger partial charge is 0.377 e. The predicted octanol–water partition coefficient (Wildman–Crippen LogP) is -0.158. The van der Waals surface area contributed by atoms with Crippen molar-refractivity contribution in [3.05, 3.63) is 0 Å². The Kier molecular flexibility index (Phi) is 3.69. The van der Waals surface area contributed by atoms with Crippen LogP contribution >= 0.6 is 0 Å². The molecule has 13 heavy (non-hydrogen) atoms. The van der Waals surface area contributed by atoms with Crippen LogP contribution in [0.1, 0.15) is 13.8 Å². The summed E-state index contributed by atoms with van der Waals surface area (Å²) in [6, 6.07) is 0.109. The van der Waals surface area contributed by atoms with Crippen LogP contribution in [0.4, 0.5) is 0 Å². The van der Waals surface area contributed by atoms with E-state index in [4.69, 9.17) is 4.74 Å². The van der Waals surface area contributed by atoms with Crippen LogP contribution in [0.2, 0.25) is 0 Å². The number of morpholine rings is 1. The molecule has 0 aromatic heterocycles. The number of carbonyl (C=O) groups excluding carboxylic acids is 1. The first-order chi connectivity index (χ1) is 6.16. The lowest BCUT2D eigenvalue weighted by molar-refractivity contribution is -0.140. The molecular formula is C9H18N2O2. The standard InChI is InChI=1S/C9H18N2O2/c1-7-6-13-5-4-11(7)9(12)8(2)10-3/h7-8,10H,4-6H2,1-3H3. The highest BCUT2D eigenvalue weighted by atomic mass is 16.5. The van der Waals surface area contributed by atoms with Crippen LogP contribution in [-0.4, -0.2) is 49.7 Å². The fourth-order valence-electron chi connectivity index (χ4n) is 1.43. The van der Waals surface area contributed by atoms with Gasteiger partial charge in [0, 0.05) is 6.54 Å². The monoisotopic (exact) mass is 186 g/mol. The summed E-state index contributed by atoms with van der Waals surface area (Å²) in [6.07, 6.45) is 0. The predicted molar refractivity (Wildman–Crippen MR) is 50.5 cm³/mol. The van der Waals surface area contributed by atoms with E-state index in [2.05, 4.69) is 5.32 Å². The summed E-state index contributed by atoms with van der Waals surface area (Å²) in [4.78, 5) is 13.6. The minimum Gasteiger partial charge on any atom is -0.377 e. The van der Waals surface area contributed by atoms with Gasteiger partial charge in [-0.3, -0.25) is 4.79 Å². The van der Waals surface area contributed by atoms with Crippen molar-refractivity contribution in [2.45, 2.75) is 25.9 Å². The van der Waals surface area contributed by atoms with Gasteiger partial charge in [0.2, 0.25) is 5.91 Å². The number of hydrogen-bond acceptors (Lipinski definition) is 3. The number of nitrogens with zero attached hydrogens (tertiary/aromatic N) is 1. The highest BCUT2D eigenvalue weighted by Crippen LogP contribution is 2.07. The van der Waals surface area contributed by atoms with Crippen LogP contribution < -0.4 is 5.32 Å². The Hall–Kier alpha value is -0.610. The molecule has 4 nitrogen and oxygen atoms in total. The molecule has 1 N–H and O–H groups in total. The van der Waals surface area contributed by atoms with Gasteiger partial charge in [0.1, 0.15) is 0 Å². The Morgan fingerprint density at radius 3 is 2.92 bits per heavy atom. The maximum absolute atomic E-state index is 11.7. The van der Waals surface area contributed by atoms with Gasteiger partial charge in [-0.05, 0) is 20.9 Å². The van der Waals surface area contributed by atoms with Crippen LogP contribution in [-0.2, 0) is 9.53 Å². The van der Waals surface area contributed by atoms with Gasteiger partial charge in [0.25, 0.3) is 0 Å². The SMILES string of the molecule is CNC(C)C(=O)N1CCOCC1C. The quantitative estimate of drug-likeness (QED) is 0.651. The van der Waals surface area contributed by atoms with E-state index in [0.29, 0.717) is 19.8 Å². The topological polar surface area (TPSA) is 41.6 Å². The van der Waals surface area contributed by atoms with Crippen molar-refractivity contribution in [2.75, 3.05) is 26.8 Å². The first-order valence-electron chi connectivity index (χ1n) is 4.72. The highest BCUT2D eigenvalue weighted by Gasteiger charge is 2.26. The molecule has 1 aliphatic rings. The molecule has 1 fully saturated rings. The van der Waals surface area contributed by atoms with Crippen LogP contribution in [0.3, 0.4) is 0 Å². The molecule has 0 radical (unpaired) electrons. The molecule has 0 aromatic carbocycles. The first-order valence-corrected chi connectivity index (χ1v) is 4.72. The molecule has 1 aliphatic heterocycles. The number of rotatable bonds is 2. The van der Waals surface area contributed by atoms with Crippen molar-refractivity contribution in [1.29, 1.82) is 0 Å². The van der Waals surface area contributed by atoms with E-state index in [0.717, 1.165) is 0 Å². The molecule has 1 saturated heterocycles. The number of nitrogens with one attached hydrogen (secondary N) is 1. The molecule has 2 atom stereocenters. The Bertz CT molecular complexity index is 184. The van der Waals surface area contributed by atoms with Crippen molar-refractivity contribution in [2.24, 2.45) is 0 Å². The molecule has 0 saturated carbocycles. The molecule has 1 heterocycles. The summed E-state index contributed by atoms with van der Waals surface area (Å²) < 4.78 is 5.26. The summed E-state index contributed by atoms with van der Waals surface area (Å²) in [6.45, 7) is 5.92. The lowest BCUT2D eigenvalue weighted by atomic mass is 10.2. The second-order valence-electron chi connectivity index (χ2n) is 3.47. The maximum atomic E-state index is 11.7. The van der Waals surface area contributed by atoms with E-state index in [-0.39, 0.29) is 18.0 Å². The van der Waals surface area contributed by atoms with E-state index in [9.17, 15) is 4.79 Å². The zero-order chi connectivity index (χ0) is 9.84. The number of likely N-dealkylation sites (N-methyl/N-ethyl adjacent to an activating group) is 1. The second kappa shape index (κ2) is 4.58. The minimum atomic E-state index is -0.0967. The lowest BCUT2D eigenvalue weighted by Crippen LogP contribution is -2.52.